The van der Waals surface area contributed by atoms with E-state index in [4.69, 9.17) is 5.11 Å². The van der Waals surface area contributed by atoms with Gasteiger partial charge >= 0.3 is 5.97 Å². The smallest absolute Gasteiger partial charge is 0.313 e. The number of thioether (sulfide) groups is 1. The highest BCUT2D eigenvalue weighted by Crippen LogP contribution is 2.31. The minimum Gasteiger partial charge on any atom is -0.481 e. The fourth-order valence-electron chi connectivity index (χ4n) is 1.71. The van der Waals surface area contributed by atoms with E-state index in [1.165, 1.54) is 6.07 Å². The van der Waals surface area contributed by atoms with Gasteiger partial charge in [0.15, 0.2) is 5.82 Å². The predicted octanol–water partition coefficient (Wildman–Crippen LogP) is 1.62. The second-order valence-corrected chi connectivity index (χ2v) is 5.44. The Morgan fingerprint density at radius 3 is 2.82 bits per heavy atom. The van der Waals surface area contributed by atoms with E-state index in [1.54, 1.807) is 31.1 Å². The van der Waals surface area contributed by atoms with Gasteiger partial charge < -0.3 is 10.0 Å². The van der Waals surface area contributed by atoms with Gasteiger partial charge in [-0.25, -0.2) is 4.98 Å². The van der Waals surface area contributed by atoms with Crippen LogP contribution < -0.4 is 4.90 Å². The first kappa shape index (κ1) is 15.8. The molecule has 1 aromatic heterocycles. The number of carboxylic acids is 1. The van der Waals surface area contributed by atoms with Crippen LogP contribution in [0.2, 0.25) is 0 Å². The standard InChI is InChI=1S/C12H13N5O4S/c1-16(2)7-3-4-8(9(5-7)17(20)21)11-13-12(15-14-11)22-6-10(18)19/h3-5H,6H2,1-2H3,(H,18,19)(H,13,14,15). The molecule has 10 heteroatoms. The molecule has 116 valence electrons. The predicted molar refractivity (Wildman–Crippen MR) is 81.2 cm³/mol. The number of nitrogens with one attached hydrogen (secondary N) is 1. The summed E-state index contributed by atoms with van der Waals surface area (Å²) in [5, 5.41) is 26.5. The fourth-order valence-corrected chi connectivity index (χ4v) is 2.23. The van der Waals surface area contributed by atoms with Crippen molar-refractivity contribution in [3.8, 4) is 11.4 Å². The average Bonchev–Trinajstić information content (AvgIpc) is 2.93. The number of aromatic nitrogens is 3. The first-order chi connectivity index (χ1) is 10.4. The Bertz CT molecular complexity index is 715. The van der Waals surface area contributed by atoms with Crippen LogP contribution in [0.3, 0.4) is 0 Å². The molecule has 0 atom stereocenters. The van der Waals surface area contributed by atoms with Gasteiger partial charge in [-0.3, -0.25) is 20.0 Å². The largest absolute Gasteiger partial charge is 0.481 e. The third-order valence-electron chi connectivity index (χ3n) is 2.74. The number of aliphatic carboxylic acids is 1. The van der Waals surface area contributed by atoms with Crippen LogP contribution in [0, 0.1) is 10.1 Å². The number of carbonyl (C=O) groups is 1. The summed E-state index contributed by atoms with van der Waals surface area (Å²) in [5.74, 6) is -0.943. The molecular formula is C12H13N5O4S. The van der Waals surface area contributed by atoms with Gasteiger partial charge in [0.1, 0.15) is 0 Å². The number of hydrogen-bond donors (Lipinski definition) is 2. The van der Waals surface area contributed by atoms with Gasteiger partial charge in [-0.2, -0.15) is 0 Å². The van der Waals surface area contributed by atoms with E-state index in [0.29, 0.717) is 11.3 Å². The summed E-state index contributed by atoms with van der Waals surface area (Å²) in [7, 11) is 3.57. The maximum atomic E-state index is 11.2. The maximum absolute atomic E-state index is 11.2. The molecule has 0 unspecified atom stereocenters. The van der Waals surface area contributed by atoms with Crippen LogP contribution in [0.4, 0.5) is 11.4 Å². The van der Waals surface area contributed by atoms with Crippen LogP contribution in [-0.2, 0) is 4.79 Å². The Hall–Kier alpha value is -2.62. The number of nitrogens with zero attached hydrogens (tertiary/aromatic N) is 4. The number of hydrogen-bond acceptors (Lipinski definition) is 7. The van der Waals surface area contributed by atoms with Gasteiger partial charge in [-0.05, 0) is 12.1 Å². The lowest BCUT2D eigenvalue weighted by molar-refractivity contribution is -0.384. The molecular weight excluding hydrogens is 310 g/mol. The molecule has 2 rings (SSSR count). The van der Waals surface area contributed by atoms with Gasteiger partial charge in [0.25, 0.3) is 5.69 Å². The molecule has 0 saturated heterocycles. The first-order valence-electron chi connectivity index (χ1n) is 6.11. The fraction of sp³-hybridized carbons (Fsp3) is 0.250. The summed E-state index contributed by atoms with van der Waals surface area (Å²) in [6.07, 6.45) is 0. The molecule has 0 spiro atoms. The van der Waals surface area contributed by atoms with E-state index in [1.807, 2.05) is 0 Å². The molecule has 0 fully saturated rings. The lowest BCUT2D eigenvalue weighted by Gasteiger charge is -2.12. The number of carboxylic acid groups (broad SMARTS) is 1. The number of anilines is 1. The van der Waals surface area contributed by atoms with Crippen molar-refractivity contribution in [2.75, 3.05) is 24.7 Å². The topological polar surface area (TPSA) is 125 Å². The zero-order valence-corrected chi connectivity index (χ0v) is 12.6. The maximum Gasteiger partial charge on any atom is 0.313 e. The summed E-state index contributed by atoms with van der Waals surface area (Å²) in [6.45, 7) is 0. The van der Waals surface area contributed by atoms with E-state index in [0.717, 1.165) is 11.8 Å². The average molecular weight is 323 g/mol. The minimum atomic E-state index is -0.988. The molecule has 0 radical (unpaired) electrons. The monoisotopic (exact) mass is 323 g/mol. The molecule has 0 aliphatic rings. The van der Waals surface area contributed by atoms with Crippen molar-refractivity contribution in [2.24, 2.45) is 0 Å². The van der Waals surface area contributed by atoms with Gasteiger partial charge in [0.05, 0.1) is 16.2 Å². The van der Waals surface area contributed by atoms with E-state index in [9.17, 15) is 14.9 Å². The molecule has 22 heavy (non-hydrogen) atoms. The quantitative estimate of drug-likeness (QED) is 0.466. The number of nitro groups is 1. The molecule has 2 N–H and O–H groups in total. The summed E-state index contributed by atoms with van der Waals surface area (Å²) >= 11 is 0.935. The molecule has 2 aromatic rings. The molecule has 0 amide bonds. The van der Waals surface area contributed by atoms with Crippen molar-refractivity contribution in [1.29, 1.82) is 0 Å². The molecule has 9 nitrogen and oxygen atoms in total. The van der Waals surface area contributed by atoms with Gasteiger partial charge in [0.2, 0.25) is 5.16 Å². The Kier molecular flexibility index (Phi) is 4.61. The Labute approximate surface area is 129 Å². The van der Waals surface area contributed by atoms with Crippen molar-refractivity contribution in [3.63, 3.8) is 0 Å². The van der Waals surface area contributed by atoms with E-state index in [2.05, 4.69) is 15.2 Å². The lowest BCUT2D eigenvalue weighted by atomic mass is 10.1. The van der Waals surface area contributed by atoms with Crippen molar-refractivity contribution < 1.29 is 14.8 Å². The SMILES string of the molecule is CN(C)c1ccc(-c2nc(SCC(=O)O)n[nH]2)c([N+](=O)[O-])c1. The second kappa shape index (κ2) is 6.43. The van der Waals surface area contributed by atoms with E-state index >= 15 is 0 Å². The molecule has 0 aliphatic heterocycles. The zero-order chi connectivity index (χ0) is 16.3. The normalized spacial score (nSPS) is 10.5. The van der Waals surface area contributed by atoms with Crippen LogP contribution in [0.1, 0.15) is 0 Å². The summed E-state index contributed by atoms with van der Waals surface area (Å²) in [4.78, 5) is 27.1. The Balaban J connectivity index is 2.35. The molecule has 1 aromatic carbocycles. The van der Waals surface area contributed by atoms with Crippen LogP contribution in [-0.4, -0.2) is 51.0 Å². The number of benzene rings is 1. The summed E-state index contributed by atoms with van der Waals surface area (Å²) < 4.78 is 0. The Morgan fingerprint density at radius 2 is 2.23 bits per heavy atom. The highest BCUT2D eigenvalue weighted by molar-refractivity contribution is 7.99. The van der Waals surface area contributed by atoms with Crippen LogP contribution in [0.25, 0.3) is 11.4 Å². The number of rotatable bonds is 6. The number of nitro benzene ring substituents is 1. The van der Waals surface area contributed by atoms with Crippen LogP contribution >= 0.6 is 11.8 Å². The molecule has 0 saturated carbocycles. The van der Waals surface area contributed by atoms with Crippen LogP contribution in [0.5, 0.6) is 0 Å². The van der Waals surface area contributed by atoms with Crippen molar-refractivity contribution in [2.45, 2.75) is 5.16 Å². The third-order valence-corrected chi connectivity index (χ3v) is 3.57. The third kappa shape index (κ3) is 3.52. The van der Waals surface area contributed by atoms with Crippen LogP contribution in [0.15, 0.2) is 23.4 Å². The minimum absolute atomic E-state index is 0.0999. The van der Waals surface area contributed by atoms with Crippen molar-refractivity contribution >= 4 is 29.1 Å². The highest BCUT2D eigenvalue weighted by atomic mass is 32.2. The zero-order valence-electron chi connectivity index (χ0n) is 11.8. The number of aromatic amines is 1. The molecule has 1 heterocycles. The van der Waals surface area contributed by atoms with E-state index < -0.39 is 10.9 Å². The Morgan fingerprint density at radius 1 is 1.50 bits per heavy atom. The van der Waals surface area contributed by atoms with Gasteiger partial charge in [0, 0.05) is 25.8 Å². The summed E-state index contributed by atoms with van der Waals surface area (Å²) in [5.41, 5.74) is 0.887. The second-order valence-electron chi connectivity index (χ2n) is 4.50. The van der Waals surface area contributed by atoms with Crippen molar-refractivity contribution in [1.82, 2.24) is 15.2 Å². The lowest BCUT2D eigenvalue weighted by Crippen LogP contribution is -2.09. The summed E-state index contributed by atoms with van der Waals surface area (Å²) in [6, 6.07) is 4.76. The van der Waals surface area contributed by atoms with Crippen molar-refractivity contribution in [3.05, 3.63) is 28.3 Å². The van der Waals surface area contributed by atoms with Gasteiger partial charge in [-0.15, -0.1) is 5.10 Å². The highest BCUT2D eigenvalue weighted by Gasteiger charge is 2.20. The number of H-pyrrole nitrogens is 1. The van der Waals surface area contributed by atoms with Gasteiger partial charge in [-0.1, -0.05) is 11.8 Å². The molecule has 0 bridgehead atoms. The molecule has 0 aliphatic carbocycles. The first-order valence-corrected chi connectivity index (χ1v) is 7.10. The van der Waals surface area contributed by atoms with E-state index in [-0.39, 0.29) is 22.4 Å².